The van der Waals surface area contributed by atoms with Crippen LogP contribution in [0, 0.1) is 0 Å². The van der Waals surface area contributed by atoms with Gasteiger partial charge >= 0.3 is 0 Å². The number of nitrogens with one attached hydrogen (secondary N) is 1. The first-order chi connectivity index (χ1) is 4.84. The minimum absolute atomic E-state index is 0. The molecule has 0 atom stereocenters. The average Bonchev–Trinajstić information content (AvgIpc) is 2.05. The Morgan fingerprint density at radius 1 is 1.25 bits per heavy atom. The van der Waals surface area contributed by atoms with Gasteiger partial charge in [0.25, 0.3) is 0 Å². The van der Waals surface area contributed by atoms with Crippen LogP contribution >= 0.6 is 24.8 Å². The molecule has 0 radical (unpaired) electrons. The summed E-state index contributed by atoms with van der Waals surface area (Å²) in [6, 6.07) is 0.617. The molecule has 1 aliphatic rings. The van der Waals surface area contributed by atoms with Crippen LogP contribution in [0.15, 0.2) is 0 Å². The quantitative estimate of drug-likeness (QED) is 0.700. The lowest BCUT2D eigenvalue weighted by Crippen LogP contribution is -2.40. The van der Waals surface area contributed by atoms with Gasteiger partial charge in [-0.25, -0.2) is 0 Å². The van der Waals surface area contributed by atoms with Crippen molar-refractivity contribution in [3.05, 3.63) is 0 Å². The largest absolute Gasteiger partial charge is 0.317 e. The van der Waals surface area contributed by atoms with E-state index in [9.17, 15) is 0 Å². The smallest absolute Gasteiger partial charge is 0.0575 e. The maximum Gasteiger partial charge on any atom is 0.0575 e. The number of halogens is 2. The number of hydroxylamine groups is 2. The van der Waals surface area contributed by atoms with Crippen LogP contribution in [0.2, 0.25) is 0 Å². The molecule has 0 aromatic heterocycles. The number of hydrogen-bond acceptors (Lipinski definition) is 3. The third-order valence-corrected chi connectivity index (χ3v) is 2.11. The van der Waals surface area contributed by atoms with Gasteiger partial charge in [-0.1, -0.05) is 0 Å². The summed E-state index contributed by atoms with van der Waals surface area (Å²) >= 11 is 0. The first kappa shape index (κ1) is 15.0. The SMILES string of the molecule is CON(C)C1CCNCC1.Cl.Cl. The molecule has 1 saturated heterocycles. The summed E-state index contributed by atoms with van der Waals surface area (Å²) in [4.78, 5) is 5.10. The monoisotopic (exact) mass is 216 g/mol. The molecule has 0 amide bonds. The molecule has 0 bridgehead atoms. The second-order valence-corrected chi connectivity index (χ2v) is 2.71. The van der Waals surface area contributed by atoms with Crippen molar-refractivity contribution in [2.24, 2.45) is 0 Å². The van der Waals surface area contributed by atoms with E-state index < -0.39 is 0 Å². The van der Waals surface area contributed by atoms with E-state index >= 15 is 0 Å². The third-order valence-electron chi connectivity index (χ3n) is 2.11. The summed E-state index contributed by atoms with van der Waals surface area (Å²) in [6.45, 7) is 2.25. The van der Waals surface area contributed by atoms with Crippen LogP contribution in [0.3, 0.4) is 0 Å². The van der Waals surface area contributed by atoms with Crippen LogP contribution in [0.5, 0.6) is 0 Å². The highest BCUT2D eigenvalue weighted by molar-refractivity contribution is 5.85. The van der Waals surface area contributed by atoms with Gasteiger partial charge in [0.15, 0.2) is 0 Å². The van der Waals surface area contributed by atoms with Crippen LogP contribution < -0.4 is 5.32 Å². The van der Waals surface area contributed by atoms with E-state index in [4.69, 9.17) is 4.84 Å². The lowest BCUT2D eigenvalue weighted by molar-refractivity contribution is -0.146. The Labute approximate surface area is 86.6 Å². The predicted octanol–water partition coefficient (Wildman–Crippen LogP) is 1.08. The normalized spacial score (nSPS) is 18.2. The van der Waals surface area contributed by atoms with Crippen molar-refractivity contribution in [3.8, 4) is 0 Å². The van der Waals surface area contributed by atoms with Crippen LogP contribution in [0.25, 0.3) is 0 Å². The fraction of sp³-hybridized carbons (Fsp3) is 1.00. The molecule has 0 unspecified atom stereocenters. The summed E-state index contributed by atoms with van der Waals surface area (Å²) < 4.78 is 0. The molecule has 3 nitrogen and oxygen atoms in total. The van der Waals surface area contributed by atoms with Crippen LogP contribution in [-0.2, 0) is 4.84 Å². The topological polar surface area (TPSA) is 24.5 Å². The second-order valence-electron chi connectivity index (χ2n) is 2.71. The van der Waals surface area contributed by atoms with Crippen molar-refractivity contribution in [1.29, 1.82) is 0 Å². The Hall–Kier alpha value is 0.460. The Kier molecular flexibility index (Phi) is 10.1. The Morgan fingerprint density at radius 3 is 2.17 bits per heavy atom. The zero-order chi connectivity index (χ0) is 7.40. The lowest BCUT2D eigenvalue weighted by atomic mass is 10.1. The van der Waals surface area contributed by atoms with Gasteiger partial charge in [0.1, 0.15) is 0 Å². The van der Waals surface area contributed by atoms with Crippen LogP contribution in [-0.4, -0.2) is 38.4 Å². The van der Waals surface area contributed by atoms with E-state index in [1.807, 2.05) is 12.1 Å². The summed E-state index contributed by atoms with van der Waals surface area (Å²) in [5, 5.41) is 5.26. The molecule has 5 heteroatoms. The third kappa shape index (κ3) is 4.48. The van der Waals surface area contributed by atoms with Crippen molar-refractivity contribution in [2.75, 3.05) is 27.2 Å². The number of hydrogen-bond donors (Lipinski definition) is 1. The molecular weight excluding hydrogens is 199 g/mol. The molecule has 0 aliphatic carbocycles. The molecule has 1 fully saturated rings. The van der Waals surface area contributed by atoms with Crippen molar-refractivity contribution >= 4 is 24.8 Å². The number of piperidine rings is 1. The Bertz CT molecular complexity index is 99.4. The maximum atomic E-state index is 5.10. The second kappa shape index (κ2) is 8.08. The average molecular weight is 217 g/mol. The van der Waals surface area contributed by atoms with Gasteiger partial charge in [-0.3, -0.25) is 0 Å². The van der Waals surface area contributed by atoms with Crippen LogP contribution in [0.1, 0.15) is 12.8 Å². The molecule has 0 spiro atoms. The summed E-state index contributed by atoms with van der Waals surface area (Å²) in [7, 11) is 3.72. The molecule has 0 aromatic carbocycles. The van der Waals surface area contributed by atoms with Crippen LogP contribution in [0.4, 0.5) is 0 Å². The van der Waals surface area contributed by atoms with Gasteiger partial charge in [-0.05, 0) is 25.9 Å². The minimum Gasteiger partial charge on any atom is -0.317 e. The first-order valence-corrected chi connectivity index (χ1v) is 3.82. The Balaban J connectivity index is 0. The minimum atomic E-state index is 0. The van der Waals surface area contributed by atoms with Crippen molar-refractivity contribution in [3.63, 3.8) is 0 Å². The molecule has 12 heavy (non-hydrogen) atoms. The molecule has 0 aromatic rings. The molecule has 1 heterocycles. The highest BCUT2D eigenvalue weighted by Gasteiger charge is 2.16. The molecule has 0 saturated carbocycles. The summed E-state index contributed by atoms with van der Waals surface area (Å²) in [5.74, 6) is 0. The van der Waals surface area contributed by atoms with Gasteiger partial charge in [0.05, 0.1) is 7.11 Å². The highest BCUT2D eigenvalue weighted by atomic mass is 35.5. The van der Waals surface area contributed by atoms with Gasteiger partial charge in [-0.15, -0.1) is 24.8 Å². The molecule has 1 N–H and O–H groups in total. The van der Waals surface area contributed by atoms with Gasteiger partial charge < -0.3 is 10.2 Å². The fourth-order valence-electron chi connectivity index (χ4n) is 1.32. The van der Waals surface area contributed by atoms with Crippen molar-refractivity contribution in [2.45, 2.75) is 18.9 Å². The molecule has 1 rings (SSSR count). The van der Waals surface area contributed by atoms with E-state index in [0.717, 1.165) is 13.1 Å². The number of nitrogens with zero attached hydrogens (tertiary/aromatic N) is 1. The van der Waals surface area contributed by atoms with Gasteiger partial charge in [0, 0.05) is 13.1 Å². The first-order valence-electron chi connectivity index (χ1n) is 3.82. The molecular formula is C7H18Cl2N2O. The summed E-state index contributed by atoms with van der Waals surface area (Å²) in [5.41, 5.74) is 0. The van der Waals surface area contributed by atoms with E-state index in [2.05, 4.69) is 5.32 Å². The predicted molar refractivity (Wildman–Crippen MR) is 55.2 cm³/mol. The van der Waals surface area contributed by atoms with Crippen molar-refractivity contribution < 1.29 is 4.84 Å². The lowest BCUT2D eigenvalue weighted by Gasteiger charge is -2.29. The van der Waals surface area contributed by atoms with E-state index in [1.54, 1.807) is 7.11 Å². The van der Waals surface area contributed by atoms with Gasteiger partial charge in [0.2, 0.25) is 0 Å². The standard InChI is InChI=1S/C7H16N2O.2ClH/c1-9(10-2)7-3-5-8-6-4-7;;/h7-8H,3-6H2,1-2H3;2*1H. The van der Waals surface area contributed by atoms with E-state index in [1.165, 1.54) is 12.8 Å². The Morgan fingerprint density at radius 2 is 1.75 bits per heavy atom. The maximum absolute atomic E-state index is 5.10. The van der Waals surface area contributed by atoms with E-state index in [0.29, 0.717) is 6.04 Å². The number of rotatable bonds is 2. The molecule has 76 valence electrons. The van der Waals surface area contributed by atoms with Crippen molar-refractivity contribution in [1.82, 2.24) is 10.4 Å². The zero-order valence-corrected chi connectivity index (χ0v) is 9.21. The van der Waals surface area contributed by atoms with E-state index in [-0.39, 0.29) is 24.8 Å². The molecule has 1 aliphatic heterocycles. The highest BCUT2D eigenvalue weighted by Crippen LogP contribution is 2.08. The van der Waals surface area contributed by atoms with Gasteiger partial charge in [-0.2, -0.15) is 5.06 Å². The summed E-state index contributed by atoms with van der Waals surface area (Å²) in [6.07, 6.45) is 2.40. The zero-order valence-electron chi connectivity index (χ0n) is 7.58. The fourth-order valence-corrected chi connectivity index (χ4v) is 1.32.